The summed E-state index contributed by atoms with van der Waals surface area (Å²) in [7, 11) is -3.68. The van der Waals surface area contributed by atoms with Gasteiger partial charge in [0.05, 0.1) is 4.90 Å². The molecule has 0 bridgehead atoms. The molecule has 0 aliphatic heterocycles. The van der Waals surface area contributed by atoms with Gasteiger partial charge in [0, 0.05) is 0 Å². The third kappa shape index (κ3) is 6.71. The van der Waals surface area contributed by atoms with Gasteiger partial charge in [-0.1, -0.05) is 81.1 Å². The molecule has 0 aromatic heterocycles. The quantitative estimate of drug-likeness (QED) is 0.599. The Kier molecular flexibility index (Phi) is 8.33. The number of hydrogen-bond acceptors (Lipinski definition) is 4. The van der Waals surface area contributed by atoms with Crippen molar-refractivity contribution in [3.05, 3.63) is 66.2 Å². The Morgan fingerprint density at radius 2 is 1.59 bits per heavy atom. The van der Waals surface area contributed by atoms with Gasteiger partial charge in [0.1, 0.15) is 12.0 Å². The number of unbranched alkanes of at least 4 members (excludes halogenated alkanes) is 3. The largest absolute Gasteiger partial charge is 0.445 e. The fraction of sp³-hybridized carbons (Fsp3) is 0.381. The maximum absolute atomic E-state index is 12.9. The molecule has 6 heteroatoms. The molecule has 2 rings (SSSR count). The zero-order chi connectivity index (χ0) is 19.5. The molecule has 1 amide bonds. The van der Waals surface area contributed by atoms with E-state index in [-0.39, 0.29) is 11.5 Å². The molecule has 146 valence electrons. The molecule has 0 fully saturated rings. The van der Waals surface area contributed by atoms with Crippen LogP contribution < -0.4 is 5.32 Å². The van der Waals surface area contributed by atoms with E-state index in [1.807, 2.05) is 30.3 Å². The van der Waals surface area contributed by atoms with Gasteiger partial charge in [-0.15, -0.1) is 0 Å². The summed E-state index contributed by atoms with van der Waals surface area (Å²) in [4.78, 5) is 12.4. The van der Waals surface area contributed by atoms with Gasteiger partial charge in [0.2, 0.25) is 0 Å². The summed E-state index contributed by atoms with van der Waals surface area (Å²) in [5.74, 6) is 0. The van der Waals surface area contributed by atoms with Crippen LogP contribution in [-0.4, -0.2) is 19.9 Å². The molecule has 27 heavy (non-hydrogen) atoms. The van der Waals surface area contributed by atoms with Crippen LogP contribution in [-0.2, 0) is 21.2 Å². The third-order valence-corrected chi connectivity index (χ3v) is 6.29. The second-order valence-electron chi connectivity index (χ2n) is 6.40. The van der Waals surface area contributed by atoms with E-state index in [0.29, 0.717) is 6.42 Å². The highest BCUT2D eigenvalue weighted by molar-refractivity contribution is 7.92. The van der Waals surface area contributed by atoms with Crippen LogP contribution in [0.2, 0.25) is 0 Å². The lowest BCUT2D eigenvalue weighted by atomic mass is 10.1. The molecule has 0 heterocycles. The molecular formula is C21H27NO4S. The minimum atomic E-state index is -3.68. The predicted octanol–water partition coefficient (Wildman–Crippen LogP) is 4.68. The Labute approximate surface area is 161 Å². The lowest BCUT2D eigenvalue weighted by molar-refractivity contribution is 0.138. The highest BCUT2D eigenvalue weighted by Gasteiger charge is 2.29. The van der Waals surface area contributed by atoms with E-state index in [0.717, 1.165) is 31.2 Å². The number of hydrogen-bond donors (Lipinski definition) is 1. The topological polar surface area (TPSA) is 72.5 Å². The smallest absolute Gasteiger partial charge is 0.408 e. The monoisotopic (exact) mass is 389 g/mol. The van der Waals surface area contributed by atoms with Crippen molar-refractivity contribution in [1.82, 2.24) is 5.32 Å². The molecule has 2 aromatic carbocycles. The average Bonchev–Trinajstić information content (AvgIpc) is 2.70. The Morgan fingerprint density at radius 1 is 0.963 bits per heavy atom. The number of amides is 1. The highest BCUT2D eigenvalue weighted by atomic mass is 32.2. The van der Waals surface area contributed by atoms with E-state index in [1.54, 1.807) is 30.3 Å². The van der Waals surface area contributed by atoms with E-state index in [1.165, 1.54) is 0 Å². The lowest BCUT2D eigenvalue weighted by Gasteiger charge is -2.19. The van der Waals surface area contributed by atoms with Crippen molar-refractivity contribution in [2.45, 2.75) is 55.9 Å². The van der Waals surface area contributed by atoms with Crippen LogP contribution in [0, 0.1) is 0 Å². The Morgan fingerprint density at radius 3 is 2.22 bits per heavy atom. The molecule has 0 saturated heterocycles. The number of alkyl carbamates (subject to hydrolysis) is 1. The predicted molar refractivity (Wildman–Crippen MR) is 106 cm³/mol. The molecule has 0 spiro atoms. The summed E-state index contributed by atoms with van der Waals surface area (Å²) in [6, 6.07) is 17.5. The first-order valence-electron chi connectivity index (χ1n) is 9.30. The van der Waals surface area contributed by atoms with Crippen molar-refractivity contribution >= 4 is 15.9 Å². The zero-order valence-corrected chi connectivity index (χ0v) is 16.5. The van der Waals surface area contributed by atoms with E-state index >= 15 is 0 Å². The SMILES string of the molecule is CCCCCCC(NC(=O)OCc1ccccc1)S(=O)(=O)c1ccccc1. The first kappa shape index (κ1) is 21.0. The fourth-order valence-corrected chi connectivity index (χ4v) is 4.33. The zero-order valence-electron chi connectivity index (χ0n) is 15.6. The molecule has 0 radical (unpaired) electrons. The van der Waals surface area contributed by atoms with Crippen LogP contribution in [0.3, 0.4) is 0 Å². The van der Waals surface area contributed by atoms with E-state index in [2.05, 4.69) is 12.2 Å². The molecule has 1 atom stereocenters. The summed E-state index contributed by atoms with van der Waals surface area (Å²) in [5, 5.41) is 1.55. The summed E-state index contributed by atoms with van der Waals surface area (Å²) in [6.45, 7) is 2.19. The highest BCUT2D eigenvalue weighted by Crippen LogP contribution is 2.19. The van der Waals surface area contributed by atoms with E-state index < -0.39 is 21.3 Å². The molecule has 5 nitrogen and oxygen atoms in total. The average molecular weight is 390 g/mol. The van der Waals surface area contributed by atoms with Crippen molar-refractivity contribution in [2.75, 3.05) is 0 Å². The van der Waals surface area contributed by atoms with Gasteiger partial charge < -0.3 is 10.1 Å². The van der Waals surface area contributed by atoms with Gasteiger partial charge >= 0.3 is 6.09 Å². The minimum Gasteiger partial charge on any atom is -0.445 e. The van der Waals surface area contributed by atoms with Gasteiger partial charge in [0.25, 0.3) is 0 Å². The summed E-state index contributed by atoms with van der Waals surface area (Å²) < 4.78 is 31.1. The van der Waals surface area contributed by atoms with Crippen LogP contribution in [0.25, 0.3) is 0 Å². The molecule has 0 saturated carbocycles. The molecule has 1 unspecified atom stereocenters. The number of sulfone groups is 1. The van der Waals surface area contributed by atoms with E-state index in [4.69, 9.17) is 4.74 Å². The summed E-state index contributed by atoms with van der Waals surface area (Å²) in [6.07, 6.45) is 3.39. The van der Waals surface area contributed by atoms with Gasteiger partial charge in [-0.3, -0.25) is 0 Å². The maximum atomic E-state index is 12.9. The second kappa shape index (κ2) is 10.7. The molecule has 0 aliphatic rings. The third-order valence-electron chi connectivity index (χ3n) is 4.26. The van der Waals surface area contributed by atoms with Crippen molar-refractivity contribution < 1.29 is 17.9 Å². The number of nitrogens with one attached hydrogen (secondary N) is 1. The van der Waals surface area contributed by atoms with Gasteiger partial charge in [0.15, 0.2) is 9.84 Å². The van der Waals surface area contributed by atoms with Gasteiger partial charge in [-0.2, -0.15) is 0 Å². The minimum absolute atomic E-state index is 0.0978. The maximum Gasteiger partial charge on any atom is 0.408 e. The van der Waals surface area contributed by atoms with Crippen molar-refractivity contribution in [3.63, 3.8) is 0 Å². The molecule has 1 N–H and O–H groups in total. The van der Waals surface area contributed by atoms with Crippen LogP contribution in [0.1, 0.15) is 44.6 Å². The number of rotatable bonds is 10. The lowest BCUT2D eigenvalue weighted by Crippen LogP contribution is -2.41. The first-order chi connectivity index (χ1) is 13.0. The van der Waals surface area contributed by atoms with Crippen molar-refractivity contribution in [3.8, 4) is 0 Å². The van der Waals surface area contributed by atoms with Crippen LogP contribution >= 0.6 is 0 Å². The van der Waals surface area contributed by atoms with Gasteiger partial charge in [-0.05, 0) is 24.1 Å². The van der Waals surface area contributed by atoms with Crippen LogP contribution in [0.15, 0.2) is 65.6 Å². The molecular weight excluding hydrogens is 362 g/mol. The molecule has 0 aliphatic carbocycles. The summed E-state index contributed by atoms with van der Waals surface area (Å²) >= 11 is 0. The Bertz CT molecular complexity index is 791. The van der Waals surface area contributed by atoms with Crippen LogP contribution in [0.5, 0.6) is 0 Å². The number of carbonyl (C=O) groups excluding carboxylic acids is 1. The molecule has 2 aromatic rings. The number of benzene rings is 2. The van der Waals surface area contributed by atoms with Crippen molar-refractivity contribution in [2.24, 2.45) is 0 Å². The normalized spacial score (nSPS) is 12.3. The standard InChI is InChI=1S/C21H27NO4S/c1-2-3-4-11-16-20(27(24,25)19-14-9-6-10-15-19)22-21(23)26-17-18-12-7-5-8-13-18/h5-10,12-15,20H,2-4,11,16-17H2,1H3,(H,22,23). The van der Waals surface area contributed by atoms with E-state index in [9.17, 15) is 13.2 Å². The number of ether oxygens (including phenoxy) is 1. The van der Waals surface area contributed by atoms with Gasteiger partial charge in [-0.25, -0.2) is 13.2 Å². The Hall–Kier alpha value is -2.34. The second-order valence-corrected chi connectivity index (χ2v) is 8.53. The van der Waals surface area contributed by atoms with Crippen LogP contribution in [0.4, 0.5) is 4.79 Å². The Balaban J connectivity index is 2.04. The number of carbonyl (C=O) groups is 1. The fourth-order valence-electron chi connectivity index (χ4n) is 2.73. The first-order valence-corrected chi connectivity index (χ1v) is 10.8. The van der Waals surface area contributed by atoms with Crippen molar-refractivity contribution in [1.29, 1.82) is 0 Å². The summed E-state index contributed by atoms with van der Waals surface area (Å²) in [5.41, 5.74) is 0.845.